The molecule has 11 heteroatoms. The summed E-state index contributed by atoms with van der Waals surface area (Å²) in [5.74, 6) is 0.717. The third-order valence-corrected chi connectivity index (χ3v) is 6.85. The van der Waals surface area contributed by atoms with E-state index in [9.17, 15) is 8.42 Å². The molecular formula is C22H20B2ClN5O2S. The second-order valence-corrected chi connectivity index (χ2v) is 9.62. The Bertz CT molecular complexity index is 1380. The molecule has 0 amide bonds. The first kappa shape index (κ1) is 23.4. The van der Waals surface area contributed by atoms with E-state index in [0.717, 1.165) is 12.0 Å². The smallest absolute Gasteiger partial charge is 0.240 e. The van der Waals surface area contributed by atoms with Gasteiger partial charge in [0.1, 0.15) is 21.5 Å². The third-order valence-electron chi connectivity index (χ3n) is 5.04. The molecule has 33 heavy (non-hydrogen) atoms. The van der Waals surface area contributed by atoms with Crippen molar-refractivity contribution < 1.29 is 8.42 Å². The van der Waals surface area contributed by atoms with Gasteiger partial charge in [-0.15, -0.1) is 0 Å². The minimum atomic E-state index is -3.56. The fraction of sp³-hybridized carbons (Fsp3) is 0.182. The molecule has 7 nitrogen and oxygen atoms in total. The topological polar surface area (TPSA) is 88.4 Å². The summed E-state index contributed by atoms with van der Waals surface area (Å²) in [6, 6.07) is 15.4. The summed E-state index contributed by atoms with van der Waals surface area (Å²) in [7, 11) is 8.10. The van der Waals surface area contributed by atoms with Gasteiger partial charge in [-0.1, -0.05) is 47.4 Å². The molecule has 0 atom stereocenters. The molecule has 0 saturated heterocycles. The highest BCUT2D eigenvalue weighted by Gasteiger charge is 2.14. The van der Waals surface area contributed by atoms with Gasteiger partial charge in [0.25, 0.3) is 0 Å². The molecule has 2 heterocycles. The van der Waals surface area contributed by atoms with Crippen LogP contribution in [0.5, 0.6) is 0 Å². The molecule has 2 aromatic carbocycles. The fourth-order valence-electron chi connectivity index (χ4n) is 3.32. The van der Waals surface area contributed by atoms with Crippen LogP contribution in [0.15, 0.2) is 65.7 Å². The van der Waals surface area contributed by atoms with Gasteiger partial charge in [-0.25, -0.2) is 18.1 Å². The Labute approximate surface area is 200 Å². The van der Waals surface area contributed by atoms with Crippen LogP contribution in [0.2, 0.25) is 5.02 Å². The number of nitrogens with one attached hydrogen (secondary N) is 2. The molecule has 0 spiro atoms. The van der Waals surface area contributed by atoms with E-state index in [0.29, 0.717) is 52.6 Å². The van der Waals surface area contributed by atoms with E-state index in [2.05, 4.69) is 20.1 Å². The number of nitrogens with zero attached hydrogens (tertiary/aromatic N) is 3. The van der Waals surface area contributed by atoms with Crippen LogP contribution in [-0.4, -0.2) is 51.8 Å². The molecular weight excluding hydrogens is 455 g/mol. The van der Waals surface area contributed by atoms with Crippen LogP contribution in [0.1, 0.15) is 12.8 Å². The Morgan fingerprint density at radius 3 is 2.48 bits per heavy atom. The SMILES string of the molecule is [B]c1ccc(S(=O)(=O)NCCCCNc2cc(-c3ccccc3Cl)nc3c([B])cnn23)cc1. The molecule has 0 bridgehead atoms. The van der Waals surface area contributed by atoms with E-state index < -0.39 is 10.0 Å². The van der Waals surface area contributed by atoms with E-state index in [1.807, 2.05) is 24.3 Å². The standard InChI is InChI=1S/C22H20B2ClN5O2S/c23-15-7-9-16(10-8-15)33(31,32)28-12-4-3-11-26-21-13-20(17-5-1-2-6-19(17)25)29-22-18(24)14-27-30(21)22/h1-2,5-10,13-14,26,28H,3-4,11-12H2. The molecule has 0 aliphatic heterocycles. The van der Waals surface area contributed by atoms with Crippen molar-refractivity contribution in [3.63, 3.8) is 0 Å². The lowest BCUT2D eigenvalue weighted by atomic mass is 9.97. The lowest BCUT2D eigenvalue weighted by molar-refractivity contribution is 0.577. The van der Waals surface area contributed by atoms with Gasteiger partial charge in [0.05, 0.1) is 10.6 Å². The van der Waals surface area contributed by atoms with E-state index in [-0.39, 0.29) is 4.90 Å². The van der Waals surface area contributed by atoms with Crippen molar-refractivity contribution in [3.05, 3.63) is 65.8 Å². The number of sulfonamides is 1. The molecule has 4 rings (SSSR count). The second-order valence-electron chi connectivity index (χ2n) is 7.44. The van der Waals surface area contributed by atoms with Crippen molar-refractivity contribution in [1.82, 2.24) is 19.3 Å². The van der Waals surface area contributed by atoms with Crippen LogP contribution in [0.25, 0.3) is 16.9 Å². The molecule has 2 aromatic heterocycles. The summed E-state index contributed by atoms with van der Waals surface area (Å²) >= 11 is 6.35. The Hall–Kier alpha value is -2.81. The van der Waals surface area contributed by atoms with Crippen LogP contribution < -0.4 is 21.0 Å². The van der Waals surface area contributed by atoms with Crippen LogP contribution in [0, 0.1) is 0 Å². The van der Waals surface area contributed by atoms with Gasteiger partial charge in [-0.05, 0) is 36.5 Å². The Morgan fingerprint density at radius 1 is 1.00 bits per heavy atom. The van der Waals surface area contributed by atoms with Gasteiger partial charge in [0.2, 0.25) is 10.0 Å². The Kier molecular flexibility index (Phi) is 7.07. The van der Waals surface area contributed by atoms with Crippen molar-refractivity contribution in [2.24, 2.45) is 0 Å². The Morgan fingerprint density at radius 2 is 1.73 bits per heavy atom. The van der Waals surface area contributed by atoms with E-state index in [4.69, 9.17) is 27.3 Å². The monoisotopic (exact) mass is 475 g/mol. The number of aromatic nitrogens is 3. The van der Waals surface area contributed by atoms with Crippen LogP contribution in [-0.2, 0) is 10.0 Å². The van der Waals surface area contributed by atoms with Crippen LogP contribution in [0.4, 0.5) is 5.82 Å². The molecule has 0 unspecified atom stereocenters. The number of hydrogen-bond acceptors (Lipinski definition) is 5. The minimum absolute atomic E-state index is 0.192. The van der Waals surface area contributed by atoms with Crippen LogP contribution in [0.3, 0.4) is 0 Å². The number of rotatable bonds is 9. The summed E-state index contributed by atoms with van der Waals surface area (Å²) in [6.45, 7) is 0.921. The number of anilines is 1. The second kappa shape index (κ2) is 9.99. The Balaban J connectivity index is 1.38. The molecule has 2 N–H and O–H groups in total. The minimum Gasteiger partial charge on any atom is -0.370 e. The molecule has 164 valence electrons. The van der Waals surface area contributed by atoms with E-state index in [1.165, 1.54) is 12.1 Å². The summed E-state index contributed by atoms with van der Waals surface area (Å²) in [6.07, 6.45) is 2.93. The van der Waals surface area contributed by atoms with Gasteiger partial charge in [-0.2, -0.15) is 9.61 Å². The molecule has 0 aliphatic carbocycles. The maximum Gasteiger partial charge on any atom is 0.240 e. The number of hydrogen-bond donors (Lipinski definition) is 2. The number of halogens is 1. The first-order valence-corrected chi connectivity index (χ1v) is 12.2. The predicted molar refractivity (Wildman–Crippen MR) is 134 cm³/mol. The van der Waals surface area contributed by atoms with Gasteiger partial charge >= 0.3 is 0 Å². The lowest BCUT2D eigenvalue weighted by Gasteiger charge is -2.12. The quantitative estimate of drug-likeness (QED) is 0.285. The van der Waals surface area contributed by atoms with Gasteiger partial charge in [-0.3, -0.25) is 0 Å². The maximum atomic E-state index is 12.3. The summed E-state index contributed by atoms with van der Waals surface area (Å²) in [5, 5.41) is 8.22. The third kappa shape index (κ3) is 5.40. The zero-order valence-corrected chi connectivity index (χ0v) is 19.3. The van der Waals surface area contributed by atoms with Crippen molar-refractivity contribution in [2.45, 2.75) is 17.7 Å². The van der Waals surface area contributed by atoms with Gasteiger partial charge < -0.3 is 5.32 Å². The van der Waals surface area contributed by atoms with Crippen molar-refractivity contribution in [3.8, 4) is 11.3 Å². The molecule has 0 saturated carbocycles. The van der Waals surface area contributed by atoms with Crippen molar-refractivity contribution >= 4 is 59.7 Å². The largest absolute Gasteiger partial charge is 0.370 e. The zero-order chi connectivity index (χ0) is 23.4. The fourth-order valence-corrected chi connectivity index (χ4v) is 4.62. The van der Waals surface area contributed by atoms with Crippen molar-refractivity contribution in [2.75, 3.05) is 18.4 Å². The highest BCUT2D eigenvalue weighted by atomic mass is 35.5. The molecule has 0 aliphatic rings. The van der Waals surface area contributed by atoms with E-state index in [1.54, 1.807) is 28.9 Å². The maximum absolute atomic E-state index is 12.3. The summed E-state index contributed by atoms with van der Waals surface area (Å²) < 4.78 is 28.9. The number of unbranched alkanes of at least 4 members (excludes halogenated alkanes) is 1. The molecule has 4 radical (unpaired) electrons. The summed E-state index contributed by atoms with van der Waals surface area (Å²) in [5.41, 5.74) is 2.98. The van der Waals surface area contributed by atoms with Gasteiger partial charge in [0.15, 0.2) is 5.65 Å². The number of benzene rings is 2. The molecule has 0 fully saturated rings. The number of fused-ring (bicyclic) bond motifs is 1. The highest BCUT2D eigenvalue weighted by Crippen LogP contribution is 2.28. The van der Waals surface area contributed by atoms with Crippen molar-refractivity contribution in [1.29, 1.82) is 0 Å². The van der Waals surface area contributed by atoms with Gasteiger partial charge in [0, 0.05) is 35.9 Å². The first-order chi connectivity index (χ1) is 15.8. The van der Waals surface area contributed by atoms with E-state index >= 15 is 0 Å². The average Bonchev–Trinajstić information content (AvgIpc) is 3.17. The zero-order valence-electron chi connectivity index (χ0n) is 17.7. The van der Waals surface area contributed by atoms with Crippen LogP contribution >= 0.6 is 11.6 Å². The predicted octanol–water partition coefficient (Wildman–Crippen LogP) is 1.81. The lowest BCUT2D eigenvalue weighted by Crippen LogP contribution is -2.25. The normalized spacial score (nSPS) is 11.7. The highest BCUT2D eigenvalue weighted by molar-refractivity contribution is 7.89. The average molecular weight is 476 g/mol. The first-order valence-electron chi connectivity index (χ1n) is 10.3. The summed E-state index contributed by atoms with van der Waals surface area (Å²) in [4.78, 5) is 4.80. The molecule has 4 aromatic rings.